The van der Waals surface area contributed by atoms with Crippen molar-refractivity contribution in [2.75, 3.05) is 13.2 Å². The fourth-order valence-corrected chi connectivity index (χ4v) is 1.55. The highest BCUT2D eigenvalue weighted by Gasteiger charge is 2.02. The number of hydrogen-bond donors (Lipinski definition) is 2. The summed E-state index contributed by atoms with van der Waals surface area (Å²) in [5, 5.41) is 7.37. The standard InChI is InChI=1S/C14H22N2O2/c1-10(2)18-7-6-17-9-13-5-4-12(14(15)16)8-11(13)3/h4-5,8,10H,6-7,9H2,1-3H3,(H3,15,16). The fraction of sp³-hybridized carbons (Fsp3) is 0.500. The zero-order valence-electron chi connectivity index (χ0n) is 11.3. The average molecular weight is 250 g/mol. The molecule has 1 aromatic carbocycles. The molecule has 4 nitrogen and oxygen atoms in total. The first-order valence-electron chi connectivity index (χ1n) is 6.14. The van der Waals surface area contributed by atoms with E-state index >= 15 is 0 Å². The van der Waals surface area contributed by atoms with Crippen molar-refractivity contribution in [2.45, 2.75) is 33.5 Å². The van der Waals surface area contributed by atoms with Crippen LogP contribution in [-0.4, -0.2) is 25.2 Å². The first-order valence-corrected chi connectivity index (χ1v) is 6.14. The average Bonchev–Trinajstić information content (AvgIpc) is 2.29. The highest BCUT2D eigenvalue weighted by molar-refractivity contribution is 5.95. The second-order valence-corrected chi connectivity index (χ2v) is 4.53. The van der Waals surface area contributed by atoms with E-state index in [9.17, 15) is 0 Å². The number of ether oxygens (including phenoxy) is 2. The van der Waals surface area contributed by atoms with Crippen LogP contribution in [0.5, 0.6) is 0 Å². The topological polar surface area (TPSA) is 68.3 Å². The Balaban J connectivity index is 2.41. The molecule has 0 heterocycles. The third-order valence-corrected chi connectivity index (χ3v) is 2.59. The van der Waals surface area contributed by atoms with E-state index in [2.05, 4.69) is 0 Å². The number of rotatable bonds is 7. The van der Waals surface area contributed by atoms with Gasteiger partial charge in [-0.15, -0.1) is 0 Å². The first-order chi connectivity index (χ1) is 8.50. The van der Waals surface area contributed by atoms with Crippen molar-refractivity contribution in [1.82, 2.24) is 0 Å². The van der Waals surface area contributed by atoms with Gasteiger partial charge in [0.15, 0.2) is 0 Å². The normalized spacial score (nSPS) is 10.9. The summed E-state index contributed by atoms with van der Waals surface area (Å²) in [5.74, 6) is 0.0934. The van der Waals surface area contributed by atoms with Crippen molar-refractivity contribution < 1.29 is 9.47 Å². The Morgan fingerprint density at radius 2 is 2.06 bits per heavy atom. The summed E-state index contributed by atoms with van der Waals surface area (Å²) in [6, 6.07) is 5.71. The minimum absolute atomic E-state index is 0.0934. The van der Waals surface area contributed by atoms with Crippen LogP contribution in [0.3, 0.4) is 0 Å². The number of aryl methyl sites for hydroxylation is 1. The monoisotopic (exact) mass is 250 g/mol. The Kier molecular flexibility index (Phi) is 5.82. The zero-order chi connectivity index (χ0) is 13.5. The molecule has 4 heteroatoms. The molecule has 0 spiro atoms. The van der Waals surface area contributed by atoms with Crippen molar-refractivity contribution in [3.63, 3.8) is 0 Å². The summed E-state index contributed by atoms with van der Waals surface area (Å²) in [5.41, 5.74) is 8.39. The molecule has 0 unspecified atom stereocenters. The molecule has 0 bridgehead atoms. The third-order valence-electron chi connectivity index (χ3n) is 2.59. The Hall–Kier alpha value is -1.39. The maximum Gasteiger partial charge on any atom is 0.122 e. The second-order valence-electron chi connectivity index (χ2n) is 4.53. The lowest BCUT2D eigenvalue weighted by molar-refractivity contribution is 0.0142. The van der Waals surface area contributed by atoms with Crippen LogP contribution in [0.2, 0.25) is 0 Å². The molecule has 0 radical (unpaired) electrons. The van der Waals surface area contributed by atoms with Crippen molar-refractivity contribution in [2.24, 2.45) is 5.73 Å². The number of benzene rings is 1. The summed E-state index contributed by atoms with van der Waals surface area (Å²) in [6.45, 7) is 7.77. The molecular weight excluding hydrogens is 228 g/mol. The minimum atomic E-state index is 0.0934. The molecule has 1 aromatic rings. The van der Waals surface area contributed by atoms with E-state index in [0.29, 0.717) is 19.8 Å². The molecule has 0 aliphatic rings. The molecule has 0 aliphatic heterocycles. The molecule has 0 fully saturated rings. The molecule has 0 atom stereocenters. The minimum Gasteiger partial charge on any atom is -0.384 e. The predicted octanol–water partition coefficient (Wildman–Crippen LogP) is 2.22. The van der Waals surface area contributed by atoms with E-state index in [1.807, 2.05) is 39.0 Å². The van der Waals surface area contributed by atoms with Crippen LogP contribution in [0.1, 0.15) is 30.5 Å². The summed E-state index contributed by atoms with van der Waals surface area (Å²) < 4.78 is 10.9. The van der Waals surface area contributed by atoms with E-state index in [0.717, 1.165) is 16.7 Å². The van der Waals surface area contributed by atoms with Crippen molar-refractivity contribution in [1.29, 1.82) is 5.41 Å². The fourth-order valence-electron chi connectivity index (χ4n) is 1.55. The predicted molar refractivity (Wildman–Crippen MR) is 72.9 cm³/mol. The van der Waals surface area contributed by atoms with Crippen LogP contribution in [0.15, 0.2) is 18.2 Å². The first kappa shape index (κ1) is 14.7. The third kappa shape index (κ3) is 4.85. The smallest absolute Gasteiger partial charge is 0.122 e. The lowest BCUT2D eigenvalue weighted by Gasteiger charge is -2.10. The molecule has 0 aromatic heterocycles. The Morgan fingerprint density at radius 3 is 2.61 bits per heavy atom. The molecular formula is C14H22N2O2. The van der Waals surface area contributed by atoms with Crippen molar-refractivity contribution in [3.8, 4) is 0 Å². The quantitative estimate of drug-likeness (QED) is 0.443. The van der Waals surface area contributed by atoms with E-state index in [1.54, 1.807) is 0 Å². The van der Waals surface area contributed by atoms with Gasteiger partial charge in [-0.05, 0) is 38.0 Å². The number of amidine groups is 1. The van der Waals surface area contributed by atoms with Crippen LogP contribution in [0, 0.1) is 12.3 Å². The van der Waals surface area contributed by atoms with E-state index in [1.165, 1.54) is 0 Å². The van der Waals surface area contributed by atoms with Gasteiger partial charge in [0.2, 0.25) is 0 Å². The van der Waals surface area contributed by atoms with Gasteiger partial charge in [0.25, 0.3) is 0 Å². The van der Waals surface area contributed by atoms with E-state index in [4.69, 9.17) is 20.6 Å². The summed E-state index contributed by atoms with van der Waals surface area (Å²) in [4.78, 5) is 0. The SMILES string of the molecule is Cc1cc(C(=N)N)ccc1COCCOC(C)C. The number of nitrogen functional groups attached to an aromatic ring is 1. The summed E-state index contributed by atoms with van der Waals surface area (Å²) in [6.07, 6.45) is 0.241. The van der Waals surface area contributed by atoms with Gasteiger partial charge in [0.05, 0.1) is 25.9 Å². The van der Waals surface area contributed by atoms with Gasteiger partial charge in [-0.3, -0.25) is 5.41 Å². The number of nitrogens with one attached hydrogen (secondary N) is 1. The molecule has 0 aliphatic carbocycles. The Morgan fingerprint density at radius 1 is 1.33 bits per heavy atom. The second kappa shape index (κ2) is 7.13. The maximum absolute atomic E-state index is 7.37. The highest BCUT2D eigenvalue weighted by atomic mass is 16.5. The largest absolute Gasteiger partial charge is 0.384 e. The molecule has 0 amide bonds. The zero-order valence-corrected chi connectivity index (χ0v) is 11.3. The molecule has 0 saturated carbocycles. The molecule has 18 heavy (non-hydrogen) atoms. The van der Waals surface area contributed by atoms with Gasteiger partial charge in [-0.2, -0.15) is 0 Å². The van der Waals surface area contributed by atoms with Gasteiger partial charge in [-0.25, -0.2) is 0 Å². The van der Waals surface area contributed by atoms with Crippen molar-refractivity contribution in [3.05, 3.63) is 34.9 Å². The lowest BCUT2D eigenvalue weighted by atomic mass is 10.1. The van der Waals surface area contributed by atoms with Gasteiger partial charge in [-0.1, -0.05) is 12.1 Å². The van der Waals surface area contributed by atoms with E-state index in [-0.39, 0.29) is 11.9 Å². The van der Waals surface area contributed by atoms with Crippen LogP contribution in [0.25, 0.3) is 0 Å². The van der Waals surface area contributed by atoms with Crippen LogP contribution in [0.4, 0.5) is 0 Å². The van der Waals surface area contributed by atoms with Crippen molar-refractivity contribution >= 4 is 5.84 Å². The maximum atomic E-state index is 7.37. The van der Waals surface area contributed by atoms with Crippen LogP contribution >= 0.6 is 0 Å². The summed E-state index contributed by atoms with van der Waals surface area (Å²) in [7, 11) is 0. The van der Waals surface area contributed by atoms with Gasteiger partial charge < -0.3 is 15.2 Å². The Bertz CT molecular complexity index is 403. The van der Waals surface area contributed by atoms with Gasteiger partial charge in [0.1, 0.15) is 5.84 Å². The number of nitrogens with two attached hydrogens (primary N) is 1. The highest BCUT2D eigenvalue weighted by Crippen LogP contribution is 2.12. The van der Waals surface area contributed by atoms with Crippen LogP contribution < -0.4 is 5.73 Å². The lowest BCUT2D eigenvalue weighted by Crippen LogP contribution is -2.12. The summed E-state index contributed by atoms with van der Waals surface area (Å²) >= 11 is 0. The Labute approximate surface area is 109 Å². The van der Waals surface area contributed by atoms with Crippen LogP contribution in [-0.2, 0) is 16.1 Å². The van der Waals surface area contributed by atoms with Gasteiger partial charge in [0, 0.05) is 5.56 Å². The molecule has 0 saturated heterocycles. The number of hydrogen-bond acceptors (Lipinski definition) is 3. The molecule has 3 N–H and O–H groups in total. The molecule has 1 rings (SSSR count). The van der Waals surface area contributed by atoms with Gasteiger partial charge >= 0.3 is 0 Å². The van der Waals surface area contributed by atoms with E-state index < -0.39 is 0 Å². The molecule has 100 valence electrons.